The van der Waals surface area contributed by atoms with Crippen molar-refractivity contribution in [3.8, 4) is 28.4 Å². The van der Waals surface area contributed by atoms with Gasteiger partial charge in [0.1, 0.15) is 5.82 Å². The summed E-state index contributed by atoms with van der Waals surface area (Å²) in [5.74, 6) is 2.51. The van der Waals surface area contributed by atoms with Gasteiger partial charge in [-0.25, -0.2) is 4.68 Å². The van der Waals surface area contributed by atoms with Gasteiger partial charge in [0.2, 0.25) is 0 Å². The molecule has 1 aliphatic heterocycles. The zero-order chi connectivity index (χ0) is 17.4. The van der Waals surface area contributed by atoms with Crippen molar-refractivity contribution in [2.45, 2.75) is 13.3 Å². The van der Waals surface area contributed by atoms with Gasteiger partial charge in [-0.05, 0) is 43.7 Å². The molecule has 0 fully saturated rings. The molecule has 2 heterocycles. The third-order valence-corrected chi connectivity index (χ3v) is 4.59. The quantitative estimate of drug-likeness (QED) is 0.787. The first-order valence-corrected chi connectivity index (χ1v) is 8.36. The molecule has 1 aromatic heterocycles. The molecular weight excluding hydrogens is 314 g/mol. The van der Waals surface area contributed by atoms with E-state index in [0.29, 0.717) is 5.75 Å². The number of fused-ring (bicyclic) bond motifs is 1. The molecule has 3 aromatic rings. The molecular formula is C20H21N3O2. The molecule has 0 saturated heterocycles. The Labute approximate surface area is 147 Å². The second kappa shape index (κ2) is 6.16. The van der Waals surface area contributed by atoms with E-state index in [1.165, 1.54) is 11.1 Å². The van der Waals surface area contributed by atoms with Crippen LogP contribution in [-0.2, 0) is 6.42 Å². The highest BCUT2D eigenvalue weighted by Crippen LogP contribution is 2.38. The first-order valence-electron chi connectivity index (χ1n) is 8.36. The van der Waals surface area contributed by atoms with Crippen LogP contribution in [0.25, 0.3) is 16.9 Å². The zero-order valence-electron chi connectivity index (χ0n) is 14.7. The first-order chi connectivity index (χ1) is 12.2. The first kappa shape index (κ1) is 15.6. The molecule has 4 rings (SSSR count). The van der Waals surface area contributed by atoms with E-state index in [0.717, 1.165) is 41.5 Å². The molecule has 0 saturated carbocycles. The largest absolute Gasteiger partial charge is 0.493 e. The van der Waals surface area contributed by atoms with Crippen LogP contribution in [0.4, 0.5) is 5.82 Å². The van der Waals surface area contributed by atoms with E-state index in [2.05, 4.69) is 36.5 Å². The van der Waals surface area contributed by atoms with Gasteiger partial charge < -0.3 is 14.8 Å². The predicted molar refractivity (Wildman–Crippen MR) is 99.0 cm³/mol. The molecule has 25 heavy (non-hydrogen) atoms. The van der Waals surface area contributed by atoms with Crippen LogP contribution >= 0.6 is 0 Å². The average Bonchev–Trinajstić information content (AvgIpc) is 3.24. The van der Waals surface area contributed by atoms with Gasteiger partial charge in [0.15, 0.2) is 11.5 Å². The molecule has 5 nitrogen and oxygen atoms in total. The van der Waals surface area contributed by atoms with E-state index >= 15 is 0 Å². The molecule has 1 aliphatic rings. The minimum absolute atomic E-state index is 0.713. The van der Waals surface area contributed by atoms with E-state index in [1.54, 1.807) is 14.2 Å². The Morgan fingerprint density at radius 1 is 1.00 bits per heavy atom. The van der Waals surface area contributed by atoms with Crippen LogP contribution < -0.4 is 14.8 Å². The van der Waals surface area contributed by atoms with Gasteiger partial charge >= 0.3 is 0 Å². The number of methoxy groups -OCH3 is 2. The highest BCUT2D eigenvalue weighted by molar-refractivity contribution is 5.74. The molecule has 0 aliphatic carbocycles. The van der Waals surface area contributed by atoms with Crippen molar-refractivity contribution in [2.75, 3.05) is 26.1 Å². The average molecular weight is 335 g/mol. The molecule has 128 valence electrons. The van der Waals surface area contributed by atoms with Gasteiger partial charge in [0.05, 0.1) is 25.6 Å². The van der Waals surface area contributed by atoms with Crippen LogP contribution in [-0.4, -0.2) is 30.5 Å². The van der Waals surface area contributed by atoms with E-state index in [9.17, 15) is 0 Å². The summed E-state index contributed by atoms with van der Waals surface area (Å²) in [6.45, 7) is 3.02. The van der Waals surface area contributed by atoms with Crippen LogP contribution in [0.5, 0.6) is 11.5 Å². The number of aryl methyl sites for hydroxylation is 1. The second-order valence-electron chi connectivity index (χ2n) is 6.17. The smallest absolute Gasteiger partial charge is 0.161 e. The predicted octanol–water partition coefficient (Wildman–Crippen LogP) is 3.83. The Hall–Kier alpha value is -2.95. The molecule has 0 spiro atoms. The lowest BCUT2D eigenvalue weighted by Crippen LogP contribution is -2.04. The lowest BCUT2D eigenvalue weighted by Gasteiger charge is -2.09. The minimum atomic E-state index is 0.713. The topological polar surface area (TPSA) is 48.3 Å². The van der Waals surface area contributed by atoms with Gasteiger partial charge in [-0.15, -0.1) is 0 Å². The maximum Gasteiger partial charge on any atom is 0.161 e. The van der Waals surface area contributed by atoms with Gasteiger partial charge in [0.25, 0.3) is 0 Å². The molecule has 0 amide bonds. The summed E-state index contributed by atoms with van der Waals surface area (Å²) in [4.78, 5) is 0. The fraction of sp³-hybridized carbons (Fsp3) is 0.250. The van der Waals surface area contributed by atoms with E-state index in [4.69, 9.17) is 14.6 Å². The Morgan fingerprint density at radius 3 is 2.48 bits per heavy atom. The highest BCUT2D eigenvalue weighted by atomic mass is 16.5. The summed E-state index contributed by atoms with van der Waals surface area (Å²) in [6.07, 6.45) is 0.963. The number of hydrogen-bond acceptors (Lipinski definition) is 4. The summed E-state index contributed by atoms with van der Waals surface area (Å²) in [5.41, 5.74) is 5.56. The molecule has 0 unspecified atom stereocenters. The van der Waals surface area contributed by atoms with Crippen molar-refractivity contribution in [3.05, 3.63) is 53.6 Å². The van der Waals surface area contributed by atoms with E-state index in [1.807, 2.05) is 22.9 Å². The number of nitrogens with zero attached hydrogens (tertiary/aromatic N) is 2. The number of aromatic nitrogens is 2. The lowest BCUT2D eigenvalue weighted by molar-refractivity contribution is 0.355. The van der Waals surface area contributed by atoms with Gasteiger partial charge in [-0.3, -0.25) is 0 Å². The van der Waals surface area contributed by atoms with Crippen molar-refractivity contribution < 1.29 is 9.47 Å². The summed E-state index contributed by atoms with van der Waals surface area (Å²) < 4.78 is 12.8. The fourth-order valence-electron chi connectivity index (χ4n) is 3.26. The van der Waals surface area contributed by atoms with Crippen molar-refractivity contribution in [3.63, 3.8) is 0 Å². The normalized spacial score (nSPS) is 12.6. The van der Waals surface area contributed by atoms with Crippen molar-refractivity contribution in [1.29, 1.82) is 0 Å². The van der Waals surface area contributed by atoms with Crippen molar-refractivity contribution >= 4 is 5.82 Å². The second-order valence-corrected chi connectivity index (χ2v) is 6.17. The summed E-state index contributed by atoms with van der Waals surface area (Å²) in [7, 11) is 3.30. The SMILES string of the molecule is COc1ccc(-c2nn(-c3ccc(C)cc3)c3c2CCN3)cc1OC. The Kier molecular flexibility index (Phi) is 3.84. The number of ether oxygens (including phenoxy) is 2. The number of rotatable bonds is 4. The molecule has 0 bridgehead atoms. The van der Waals surface area contributed by atoms with Gasteiger partial charge in [-0.2, -0.15) is 5.10 Å². The summed E-state index contributed by atoms with van der Waals surface area (Å²) >= 11 is 0. The summed E-state index contributed by atoms with van der Waals surface area (Å²) in [6, 6.07) is 14.3. The standard InChI is InChI=1S/C20H21N3O2/c1-13-4-7-15(8-5-13)23-20-16(10-11-21-20)19(22-23)14-6-9-17(24-2)18(12-14)25-3/h4-9,12,21H,10-11H2,1-3H3. The van der Waals surface area contributed by atoms with Crippen LogP contribution in [0.15, 0.2) is 42.5 Å². The van der Waals surface area contributed by atoms with Gasteiger partial charge in [0, 0.05) is 17.7 Å². The number of benzene rings is 2. The van der Waals surface area contributed by atoms with Crippen molar-refractivity contribution in [1.82, 2.24) is 9.78 Å². The van der Waals surface area contributed by atoms with Gasteiger partial charge in [-0.1, -0.05) is 17.7 Å². The third kappa shape index (κ3) is 2.61. The Balaban J connectivity index is 1.84. The maximum atomic E-state index is 5.45. The van der Waals surface area contributed by atoms with Crippen LogP contribution in [0.3, 0.4) is 0 Å². The minimum Gasteiger partial charge on any atom is -0.493 e. The van der Waals surface area contributed by atoms with Crippen LogP contribution in [0.1, 0.15) is 11.1 Å². The number of anilines is 1. The monoisotopic (exact) mass is 335 g/mol. The Bertz CT molecular complexity index is 913. The third-order valence-electron chi connectivity index (χ3n) is 4.59. The lowest BCUT2D eigenvalue weighted by atomic mass is 10.1. The fourth-order valence-corrected chi connectivity index (χ4v) is 3.26. The van der Waals surface area contributed by atoms with E-state index < -0.39 is 0 Å². The highest BCUT2D eigenvalue weighted by Gasteiger charge is 2.24. The summed E-state index contributed by atoms with van der Waals surface area (Å²) in [5, 5.41) is 8.36. The van der Waals surface area contributed by atoms with Crippen molar-refractivity contribution in [2.24, 2.45) is 0 Å². The number of hydrogen-bond donors (Lipinski definition) is 1. The zero-order valence-corrected chi connectivity index (χ0v) is 14.7. The molecule has 0 radical (unpaired) electrons. The maximum absolute atomic E-state index is 5.45. The molecule has 2 aromatic carbocycles. The number of nitrogens with one attached hydrogen (secondary N) is 1. The van der Waals surface area contributed by atoms with Crippen LogP contribution in [0.2, 0.25) is 0 Å². The molecule has 1 N–H and O–H groups in total. The molecule has 5 heteroatoms. The van der Waals surface area contributed by atoms with Crippen LogP contribution in [0, 0.1) is 6.92 Å². The van der Waals surface area contributed by atoms with E-state index in [-0.39, 0.29) is 0 Å². The molecule has 0 atom stereocenters. The Morgan fingerprint density at radius 2 is 1.76 bits per heavy atom.